The van der Waals surface area contributed by atoms with Gasteiger partial charge in [-0.2, -0.15) is 0 Å². The number of carbonyl (C=O) groups excluding carboxylic acids is 4. The standard InChI is InChI=1S/C29H42FN5O4S/c1-8-21(19-9-11-20(30)12-10-19)25(36)35-29-18(7)17(6)24(40-29)28(39)33-14-13-32-27(38)23(16(4)5)34-26(37)22(31)15(2)3/h9-12,15-16,21-23H,8,13-14,31H2,1-7H3,(H,32,38)(H,33,39)(H,34,37)(H,35,36)/t21?,22-,23-/m0/s1. The van der Waals surface area contributed by atoms with Crippen molar-refractivity contribution in [2.75, 3.05) is 18.4 Å². The van der Waals surface area contributed by atoms with Crippen LogP contribution in [0.3, 0.4) is 0 Å². The van der Waals surface area contributed by atoms with Gasteiger partial charge in [0.25, 0.3) is 5.91 Å². The lowest BCUT2D eigenvalue weighted by molar-refractivity contribution is -0.131. The van der Waals surface area contributed by atoms with Crippen molar-refractivity contribution in [3.05, 3.63) is 51.7 Å². The molecule has 0 bridgehead atoms. The van der Waals surface area contributed by atoms with Gasteiger partial charge in [0.2, 0.25) is 17.7 Å². The van der Waals surface area contributed by atoms with Gasteiger partial charge in [-0.05, 0) is 60.9 Å². The van der Waals surface area contributed by atoms with Crippen LogP contribution in [0.5, 0.6) is 0 Å². The highest BCUT2D eigenvalue weighted by Gasteiger charge is 2.27. The largest absolute Gasteiger partial charge is 0.353 e. The molecular formula is C29H42FN5O4S. The quantitative estimate of drug-likeness (QED) is 0.232. The summed E-state index contributed by atoms with van der Waals surface area (Å²) in [5.74, 6) is -2.32. The number of nitrogens with two attached hydrogens (primary N) is 1. The van der Waals surface area contributed by atoms with E-state index < -0.39 is 18.0 Å². The minimum absolute atomic E-state index is 0.0628. The summed E-state index contributed by atoms with van der Waals surface area (Å²) in [5, 5.41) is 11.8. The highest BCUT2D eigenvalue weighted by molar-refractivity contribution is 7.18. The molecule has 1 unspecified atom stereocenters. The minimum atomic E-state index is -0.747. The van der Waals surface area contributed by atoms with Gasteiger partial charge in [-0.15, -0.1) is 11.3 Å². The lowest BCUT2D eigenvalue weighted by atomic mass is 9.95. The Balaban J connectivity index is 1.96. The predicted molar refractivity (Wildman–Crippen MR) is 157 cm³/mol. The van der Waals surface area contributed by atoms with Crippen molar-refractivity contribution >= 4 is 40.0 Å². The Bertz CT molecular complexity index is 1200. The van der Waals surface area contributed by atoms with Gasteiger partial charge >= 0.3 is 0 Å². The summed E-state index contributed by atoms with van der Waals surface area (Å²) in [5.41, 5.74) is 8.16. The van der Waals surface area contributed by atoms with Crippen LogP contribution in [0.4, 0.5) is 9.39 Å². The van der Waals surface area contributed by atoms with E-state index in [0.29, 0.717) is 16.3 Å². The molecule has 9 nitrogen and oxygen atoms in total. The third-order valence-corrected chi connectivity index (χ3v) is 8.17. The summed E-state index contributed by atoms with van der Waals surface area (Å²) in [6.45, 7) is 13.2. The molecule has 2 rings (SSSR count). The van der Waals surface area contributed by atoms with Gasteiger partial charge in [-0.1, -0.05) is 46.8 Å². The molecule has 220 valence electrons. The zero-order valence-electron chi connectivity index (χ0n) is 24.3. The molecule has 0 saturated heterocycles. The Labute approximate surface area is 239 Å². The van der Waals surface area contributed by atoms with Crippen molar-refractivity contribution in [3.8, 4) is 0 Å². The number of anilines is 1. The minimum Gasteiger partial charge on any atom is -0.353 e. The molecule has 0 aliphatic rings. The fraction of sp³-hybridized carbons (Fsp3) is 0.517. The second-order valence-electron chi connectivity index (χ2n) is 10.6. The zero-order valence-corrected chi connectivity index (χ0v) is 25.1. The van der Waals surface area contributed by atoms with E-state index in [2.05, 4.69) is 21.3 Å². The molecule has 1 aromatic heterocycles. The van der Waals surface area contributed by atoms with E-state index in [9.17, 15) is 23.6 Å². The van der Waals surface area contributed by atoms with E-state index in [1.54, 1.807) is 12.1 Å². The Morgan fingerprint density at radius 3 is 2.02 bits per heavy atom. The molecule has 3 atom stereocenters. The van der Waals surface area contributed by atoms with Crippen LogP contribution in [0.2, 0.25) is 0 Å². The van der Waals surface area contributed by atoms with Gasteiger partial charge in [-0.3, -0.25) is 19.2 Å². The van der Waals surface area contributed by atoms with E-state index in [1.807, 2.05) is 48.5 Å². The SMILES string of the molecule is CCC(C(=O)Nc1sc(C(=O)NCCNC(=O)[C@@H](NC(=O)[C@@H](N)C(C)C)C(C)C)c(C)c1C)c1ccc(F)cc1. The number of hydrogen-bond donors (Lipinski definition) is 5. The molecule has 0 saturated carbocycles. The van der Waals surface area contributed by atoms with Crippen LogP contribution in [0.15, 0.2) is 24.3 Å². The molecule has 4 amide bonds. The van der Waals surface area contributed by atoms with Crippen LogP contribution in [0.25, 0.3) is 0 Å². The van der Waals surface area contributed by atoms with Crippen molar-refractivity contribution in [1.29, 1.82) is 0 Å². The molecule has 0 radical (unpaired) electrons. The topological polar surface area (TPSA) is 142 Å². The smallest absolute Gasteiger partial charge is 0.261 e. The monoisotopic (exact) mass is 575 g/mol. The van der Waals surface area contributed by atoms with Crippen LogP contribution in [-0.2, 0) is 14.4 Å². The van der Waals surface area contributed by atoms with Crippen LogP contribution in [-0.4, -0.2) is 48.8 Å². The first kappa shape index (κ1) is 32.9. The van der Waals surface area contributed by atoms with Crippen LogP contribution < -0.4 is 27.0 Å². The number of amides is 4. The van der Waals surface area contributed by atoms with E-state index >= 15 is 0 Å². The highest BCUT2D eigenvalue weighted by Crippen LogP contribution is 2.33. The Hall–Kier alpha value is -3.31. The maximum absolute atomic E-state index is 13.3. The number of nitrogens with one attached hydrogen (secondary N) is 4. The number of benzene rings is 1. The fourth-order valence-electron chi connectivity index (χ4n) is 4.04. The molecule has 0 fully saturated rings. The molecule has 11 heteroatoms. The number of hydrogen-bond acceptors (Lipinski definition) is 6. The van der Waals surface area contributed by atoms with Gasteiger partial charge in [0.05, 0.1) is 21.8 Å². The van der Waals surface area contributed by atoms with Crippen LogP contribution in [0, 0.1) is 31.5 Å². The molecule has 40 heavy (non-hydrogen) atoms. The van der Waals surface area contributed by atoms with Crippen molar-refractivity contribution in [1.82, 2.24) is 16.0 Å². The molecule has 1 heterocycles. The highest BCUT2D eigenvalue weighted by atomic mass is 32.1. The summed E-state index contributed by atoms with van der Waals surface area (Å²) in [6, 6.07) is 4.41. The molecule has 2 aromatic rings. The summed E-state index contributed by atoms with van der Waals surface area (Å²) >= 11 is 1.18. The average molecular weight is 576 g/mol. The van der Waals surface area contributed by atoms with Crippen molar-refractivity contribution in [3.63, 3.8) is 0 Å². The zero-order chi connectivity index (χ0) is 30.1. The third-order valence-electron chi connectivity index (χ3n) is 6.87. The maximum Gasteiger partial charge on any atom is 0.261 e. The third kappa shape index (κ3) is 8.59. The van der Waals surface area contributed by atoms with Crippen LogP contribution >= 0.6 is 11.3 Å². The summed E-state index contributed by atoms with van der Waals surface area (Å²) in [4.78, 5) is 51.4. The van der Waals surface area contributed by atoms with Gasteiger partial charge < -0.3 is 27.0 Å². The molecule has 1 aromatic carbocycles. The van der Waals surface area contributed by atoms with Gasteiger partial charge in [0, 0.05) is 13.1 Å². The first-order valence-electron chi connectivity index (χ1n) is 13.6. The molecule has 6 N–H and O–H groups in total. The van der Waals surface area contributed by atoms with E-state index in [4.69, 9.17) is 5.73 Å². The lowest BCUT2D eigenvalue weighted by Gasteiger charge is -2.24. The summed E-state index contributed by atoms with van der Waals surface area (Å²) in [7, 11) is 0. The predicted octanol–water partition coefficient (Wildman–Crippen LogP) is 3.61. The normalized spacial score (nSPS) is 13.5. The first-order valence-corrected chi connectivity index (χ1v) is 14.4. The average Bonchev–Trinajstić information content (AvgIpc) is 3.18. The van der Waals surface area contributed by atoms with Crippen molar-refractivity contribution in [2.45, 2.75) is 72.9 Å². The number of thiophene rings is 1. The summed E-state index contributed by atoms with van der Waals surface area (Å²) < 4.78 is 13.3. The molecular weight excluding hydrogens is 533 g/mol. The number of rotatable bonds is 13. The Morgan fingerprint density at radius 1 is 0.875 bits per heavy atom. The van der Waals surface area contributed by atoms with Crippen molar-refractivity contribution < 1.29 is 23.6 Å². The lowest BCUT2D eigenvalue weighted by Crippen LogP contribution is -2.55. The van der Waals surface area contributed by atoms with E-state index in [1.165, 1.54) is 23.5 Å². The second kappa shape index (κ2) is 14.9. The van der Waals surface area contributed by atoms with Gasteiger partial charge in [0.15, 0.2) is 0 Å². The molecule has 0 aliphatic carbocycles. The Kier molecular flexibility index (Phi) is 12.3. The maximum atomic E-state index is 13.3. The Morgan fingerprint density at radius 2 is 1.48 bits per heavy atom. The second-order valence-corrected chi connectivity index (χ2v) is 11.6. The fourth-order valence-corrected chi connectivity index (χ4v) is 5.17. The van der Waals surface area contributed by atoms with Crippen LogP contribution in [0.1, 0.15) is 73.3 Å². The van der Waals surface area contributed by atoms with Crippen molar-refractivity contribution in [2.24, 2.45) is 17.6 Å². The summed E-state index contributed by atoms with van der Waals surface area (Å²) in [6.07, 6.45) is 0.534. The molecule has 0 spiro atoms. The van der Waals surface area contributed by atoms with Gasteiger partial charge in [-0.25, -0.2) is 4.39 Å². The van der Waals surface area contributed by atoms with E-state index in [0.717, 1.165) is 16.7 Å². The van der Waals surface area contributed by atoms with E-state index in [-0.39, 0.29) is 54.4 Å². The van der Waals surface area contributed by atoms with Gasteiger partial charge in [0.1, 0.15) is 11.9 Å². The number of halogens is 1. The molecule has 0 aliphatic heterocycles. The first-order chi connectivity index (χ1) is 18.8. The number of carbonyl (C=O) groups is 4.